The van der Waals surface area contributed by atoms with Gasteiger partial charge >= 0.3 is 0 Å². The monoisotopic (exact) mass is 280 g/mol. The van der Waals surface area contributed by atoms with Gasteiger partial charge in [0.1, 0.15) is 0 Å². The number of anilines is 3. The maximum atomic E-state index is 11.8. The lowest BCUT2D eigenvalue weighted by atomic mass is 10.2. The Hall–Kier alpha value is -2.28. The van der Waals surface area contributed by atoms with Gasteiger partial charge in [-0.25, -0.2) is 5.10 Å². The van der Waals surface area contributed by atoms with Crippen LogP contribution in [-0.4, -0.2) is 40.1 Å². The van der Waals surface area contributed by atoms with Gasteiger partial charge in [-0.15, -0.1) is 5.10 Å². The second-order valence-electron chi connectivity index (χ2n) is 4.06. The lowest BCUT2D eigenvalue weighted by Gasteiger charge is -2.12. The van der Waals surface area contributed by atoms with Crippen LogP contribution in [0.2, 0.25) is 5.02 Å². The molecule has 1 heterocycles. The molecule has 0 atom stereocenters. The number of nitrogen functional groups attached to an aromatic ring is 1. The molecule has 0 saturated carbocycles. The average molecular weight is 281 g/mol. The molecule has 2 aromatic rings. The van der Waals surface area contributed by atoms with Crippen molar-refractivity contribution in [1.29, 1.82) is 0 Å². The van der Waals surface area contributed by atoms with E-state index >= 15 is 0 Å². The summed E-state index contributed by atoms with van der Waals surface area (Å²) < 4.78 is 0. The molecule has 0 spiro atoms. The second kappa shape index (κ2) is 5.15. The lowest BCUT2D eigenvalue weighted by Crippen LogP contribution is -2.21. The fourth-order valence-electron chi connectivity index (χ4n) is 1.47. The van der Waals surface area contributed by atoms with E-state index in [1.165, 1.54) is 4.90 Å². The van der Waals surface area contributed by atoms with E-state index in [9.17, 15) is 4.79 Å². The van der Waals surface area contributed by atoms with E-state index in [0.29, 0.717) is 22.2 Å². The second-order valence-corrected chi connectivity index (χ2v) is 4.47. The average Bonchev–Trinajstić information content (AvgIpc) is 2.74. The third kappa shape index (κ3) is 2.94. The van der Waals surface area contributed by atoms with Crippen molar-refractivity contribution in [3.05, 3.63) is 28.8 Å². The molecule has 4 N–H and O–H groups in total. The van der Waals surface area contributed by atoms with Crippen molar-refractivity contribution in [3.63, 3.8) is 0 Å². The smallest absolute Gasteiger partial charge is 0.254 e. The number of H-pyrrole nitrogens is 1. The Morgan fingerprint density at radius 1 is 1.47 bits per heavy atom. The highest BCUT2D eigenvalue weighted by Gasteiger charge is 2.13. The standard InChI is InChI=1S/C11H13ClN6O/c1-18(2)9(19)7-4-3-6(5-8(7)12)14-11-15-10(13)16-17-11/h3-5H,1-2H3,(H4,13,14,15,16,17). The molecule has 2 rings (SSSR count). The third-order valence-corrected chi connectivity index (χ3v) is 2.68. The molecule has 1 aromatic carbocycles. The molecule has 0 bridgehead atoms. The molecule has 100 valence electrons. The van der Waals surface area contributed by atoms with E-state index in [-0.39, 0.29) is 11.9 Å². The van der Waals surface area contributed by atoms with Gasteiger partial charge in [-0.2, -0.15) is 4.98 Å². The highest BCUT2D eigenvalue weighted by Crippen LogP contribution is 2.23. The number of nitrogens with two attached hydrogens (primary N) is 1. The number of nitrogens with zero attached hydrogens (tertiary/aromatic N) is 3. The molecule has 0 aliphatic carbocycles. The molecule has 0 aliphatic rings. The zero-order valence-electron chi connectivity index (χ0n) is 10.4. The Bertz CT molecular complexity index is 609. The number of hydrogen-bond acceptors (Lipinski definition) is 5. The Morgan fingerprint density at radius 2 is 2.21 bits per heavy atom. The Labute approximate surface area is 114 Å². The molecule has 19 heavy (non-hydrogen) atoms. The predicted octanol–water partition coefficient (Wildman–Crippen LogP) is 1.49. The highest BCUT2D eigenvalue weighted by atomic mass is 35.5. The number of aromatic nitrogens is 3. The summed E-state index contributed by atoms with van der Waals surface area (Å²) in [5.41, 5.74) is 6.52. The van der Waals surface area contributed by atoms with Crippen LogP contribution in [0, 0.1) is 0 Å². The van der Waals surface area contributed by atoms with Crippen molar-refractivity contribution in [1.82, 2.24) is 20.1 Å². The Balaban J connectivity index is 2.21. The van der Waals surface area contributed by atoms with E-state index in [0.717, 1.165) is 0 Å². The molecule has 8 heteroatoms. The summed E-state index contributed by atoms with van der Waals surface area (Å²) in [7, 11) is 3.34. The van der Waals surface area contributed by atoms with Crippen LogP contribution in [0.25, 0.3) is 0 Å². The fourth-order valence-corrected chi connectivity index (χ4v) is 1.73. The van der Waals surface area contributed by atoms with Crippen LogP contribution in [0.15, 0.2) is 18.2 Å². The fraction of sp³-hybridized carbons (Fsp3) is 0.182. The lowest BCUT2D eigenvalue weighted by molar-refractivity contribution is 0.0828. The van der Waals surface area contributed by atoms with Gasteiger partial charge in [0.25, 0.3) is 5.91 Å². The van der Waals surface area contributed by atoms with Crippen LogP contribution in [0.4, 0.5) is 17.6 Å². The van der Waals surface area contributed by atoms with Crippen molar-refractivity contribution < 1.29 is 4.79 Å². The highest BCUT2D eigenvalue weighted by molar-refractivity contribution is 6.34. The van der Waals surface area contributed by atoms with Crippen LogP contribution in [0.5, 0.6) is 0 Å². The van der Waals surface area contributed by atoms with E-state index in [4.69, 9.17) is 17.3 Å². The first-order chi connectivity index (χ1) is 8.97. The quantitative estimate of drug-likeness (QED) is 0.791. The molecule has 7 nitrogen and oxygen atoms in total. The van der Waals surface area contributed by atoms with E-state index in [1.807, 2.05) is 0 Å². The summed E-state index contributed by atoms with van der Waals surface area (Å²) in [5.74, 6) is 0.395. The normalized spacial score (nSPS) is 10.3. The van der Waals surface area contributed by atoms with Gasteiger partial charge in [-0.1, -0.05) is 11.6 Å². The van der Waals surface area contributed by atoms with Crippen LogP contribution in [-0.2, 0) is 0 Å². The molecule has 0 aliphatic heterocycles. The number of aromatic amines is 1. The van der Waals surface area contributed by atoms with E-state index in [1.54, 1.807) is 32.3 Å². The van der Waals surface area contributed by atoms with Gasteiger partial charge in [0.15, 0.2) is 0 Å². The van der Waals surface area contributed by atoms with Crippen molar-refractivity contribution in [3.8, 4) is 0 Å². The number of halogens is 1. The number of nitrogens with one attached hydrogen (secondary N) is 2. The van der Waals surface area contributed by atoms with Crippen molar-refractivity contribution in [2.75, 3.05) is 25.1 Å². The number of benzene rings is 1. The number of carbonyl (C=O) groups is 1. The zero-order valence-corrected chi connectivity index (χ0v) is 11.2. The first-order valence-corrected chi connectivity index (χ1v) is 5.81. The molecule has 0 saturated heterocycles. The van der Waals surface area contributed by atoms with Gasteiger partial charge in [0.05, 0.1) is 10.6 Å². The van der Waals surface area contributed by atoms with Crippen LogP contribution >= 0.6 is 11.6 Å². The summed E-state index contributed by atoms with van der Waals surface area (Å²) in [6.45, 7) is 0. The van der Waals surface area contributed by atoms with Crippen LogP contribution < -0.4 is 11.1 Å². The SMILES string of the molecule is CN(C)C(=O)c1ccc(Nc2n[nH]c(N)n2)cc1Cl. The van der Waals surface area contributed by atoms with Gasteiger partial charge in [0, 0.05) is 19.8 Å². The molecule has 0 radical (unpaired) electrons. The van der Waals surface area contributed by atoms with Crippen LogP contribution in [0.3, 0.4) is 0 Å². The minimum atomic E-state index is -0.154. The number of amides is 1. The van der Waals surface area contributed by atoms with Gasteiger partial charge in [-0.3, -0.25) is 4.79 Å². The molecular formula is C11H13ClN6O. The van der Waals surface area contributed by atoms with Crippen molar-refractivity contribution >= 4 is 35.1 Å². The predicted molar refractivity (Wildman–Crippen MR) is 73.5 cm³/mol. The van der Waals surface area contributed by atoms with E-state index < -0.39 is 0 Å². The minimum absolute atomic E-state index is 0.154. The Morgan fingerprint density at radius 3 is 2.74 bits per heavy atom. The summed E-state index contributed by atoms with van der Waals surface area (Å²) in [6.07, 6.45) is 0. The minimum Gasteiger partial charge on any atom is -0.368 e. The molecule has 0 fully saturated rings. The first-order valence-electron chi connectivity index (χ1n) is 5.43. The summed E-state index contributed by atoms with van der Waals surface area (Å²) in [5, 5.41) is 9.62. The summed E-state index contributed by atoms with van der Waals surface area (Å²) in [6, 6.07) is 4.99. The van der Waals surface area contributed by atoms with Crippen molar-refractivity contribution in [2.45, 2.75) is 0 Å². The third-order valence-electron chi connectivity index (χ3n) is 2.36. The van der Waals surface area contributed by atoms with Gasteiger partial charge in [0.2, 0.25) is 11.9 Å². The van der Waals surface area contributed by atoms with E-state index in [2.05, 4.69) is 20.5 Å². The number of hydrogen-bond donors (Lipinski definition) is 3. The van der Waals surface area contributed by atoms with Crippen molar-refractivity contribution in [2.24, 2.45) is 0 Å². The molecule has 1 amide bonds. The summed E-state index contributed by atoms with van der Waals surface area (Å²) in [4.78, 5) is 17.2. The number of carbonyl (C=O) groups excluding carboxylic acids is 1. The number of rotatable bonds is 3. The first kappa shape index (κ1) is 13.2. The Kier molecular flexibility index (Phi) is 3.57. The molecule has 1 aromatic heterocycles. The maximum absolute atomic E-state index is 11.8. The summed E-state index contributed by atoms with van der Waals surface area (Å²) >= 11 is 6.08. The van der Waals surface area contributed by atoms with Crippen LogP contribution in [0.1, 0.15) is 10.4 Å². The molecular weight excluding hydrogens is 268 g/mol. The topological polar surface area (TPSA) is 99.9 Å². The molecule has 0 unspecified atom stereocenters. The van der Waals surface area contributed by atoms with Gasteiger partial charge in [-0.05, 0) is 18.2 Å². The largest absolute Gasteiger partial charge is 0.368 e. The van der Waals surface area contributed by atoms with Gasteiger partial charge < -0.3 is 16.0 Å². The zero-order chi connectivity index (χ0) is 14.0. The maximum Gasteiger partial charge on any atom is 0.254 e.